The summed E-state index contributed by atoms with van der Waals surface area (Å²) in [6, 6.07) is 29.0. The molecule has 3 aromatic rings. The molecule has 0 spiro atoms. The second-order valence-corrected chi connectivity index (χ2v) is 7.44. The van der Waals surface area contributed by atoms with Gasteiger partial charge in [0.1, 0.15) is 0 Å². The molecule has 3 heteroatoms. The maximum Gasteiger partial charge on any atom is 0.0815 e. The summed E-state index contributed by atoms with van der Waals surface area (Å²) in [5.74, 6) is 0. The van der Waals surface area contributed by atoms with Crippen LogP contribution in [-0.4, -0.2) is 13.6 Å². The van der Waals surface area contributed by atoms with Crippen molar-refractivity contribution >= 4 is 5.69 Å². The Hall–Kier alpha value is -3.79. The monoisotopic (exact) mass is 531 g/mol. The Bertz CT molecular complexity index is 887. The van der Waals surface area contributed by atoms with E-state index >= 15 is 0 Å². The molecule has 0 saturated carbocycles. The Kier molecular flexibility index (Phi) is 42.1. The minimum atomic E-state index is 0. The van der Waals surface area contributed by atoms with E-state index in [2.05, 4.69) is 124 Å². The highest BCUT2D eigenvalue weighted by atomic mass is 14.8. The van der Waals surface area contributed by atoms with E-state index in [1.54, 1.807) is 6.07 Å². The molecule has 0 heterocycles. The molecule has 3 N–H and O–H groups in total. The van der Waals surface area contributed by atoms with Crippen molar-refractivity contribution in [1.29, 1.82) is 5.26 Å². The van der Waals surface area contributed by atoms with Gasteiger partial charge in [-0.1, -0.05) is 132 Å². The first-order valence-corrected chi connectivity index (χ1v) is 13.2. The molecule has 0 unspecified atom stereocenters. The van der Waals surface area contributed by atoms with Gasteiger partial charge in [-0.15, -0.1) is 12.8 Å². The summed E-state index contributed by atoms with van der Waals surface area (Å²) < 4.78 is 0. The Morgan fingerprint density at radius 1 is 0.821 bits per heavy atom. The van der Waals surface area contributed by atoms with E-state index in [0.29, 0.717) is 0 Å². The van der Waals surface area contributed by atoms with Crippen LogP contribution in [-0.2, 0) is 12.8 Å². The molecule has 3 aromatic carbocycles. The molecule has 3 rings (SSSR count). The van der Waals surface area contributed by atoms with Crippen molar-refractivity contribution in [1.82, 2.24) is 0 Å². The van der Waals surface area contributed by atoms with Crippen molar-refractivity contribution in [2.75, 3.05) is 18.9 Å². The van der Waals surface area contributed by atoms with Gasteiger partial charge in [-0.25, -0.2) is 0 Å². The van der Waals surface area contributed by atoms with E-state index in [1.165, 1.54) is 33.5 Å². The summed E-state index contributed by atoms with van der Waals surface area (Å²) in [5, 5.41) is 10.6. The van der Waals surface area contributed by atoms with Crippen LogP contribution in [0.5, 0.6) is 0 Å². The average molecular weight is 532 g/mol. The minimum Gasteiger partial charge on any atom is -0.388 e. The fraction of sp³-hybridized carbons (Fsp3) is 0.361. The topological polar surface area (TPSA) is 61.8 Å². The molecule has 0 bridgehead atoms. The lowest BCUT2D eigenvalue weighted by molar-refractivity contribution is 1.14. The molecule has 0 atom stereocenters. The van der Waals surface area contributed by atoms with Gasteiger partial charge in [0.25, 0.3) is 0 Å². The average Bonchev–Trinajstić information content (AvgIpc) is 2.98. The largest absolute Gasteiger partial charge is 0.388 e. The minimum absolute atomic E-state index is 0. The van der Waals surface area contributed by atoms with Gasteiger partial charge in [-0.2, -0.15) is 5.26 Å². The number of hydrogen-bond acceptors (Lipinski definition) is 3. The molecule has 0 aliphatic carbocycles. The van der Waals surface area contributed by atoms with Gasteiger partial charge in [0.15, 0.2) is 0 Å². The number of nitrogens with zero attached hydrogens (tertiary/aromatic N) is 1. The number of nitrogens with two attached hydrogens (primary N) is 1. The van der Waals surface area contributed by atoms with Gasteiger partial charge in [-0.05, 0) is 56.9 Å². The van der Waals surface area contributed by atoms with Crippen LogP contribution in [0.25, 0.3) is 0 Å². The number of benzene rings is 3. The zero-order valence-electron chi connectivity index (χ0n) is 25.5. The number of hydrogen-bond donors (Lipinski definition) is 2. The van der Waals surface area contributed by atoms with E-state index in [-0.39, 0.29) is 14.0 Å². The number of nitrogens with one attached hydrogen (secondary N) is 1. The number of allylic oxidation sites excluding steroid dienone is 1. The number of terminal acetylenes is 1. The number of aryl methyl sites for hydroxylation is 3. The van der Waals surface area contributed by atoms with Crippen molar-refractivity contribution < 1.29 is 0 Å². The third-order valence-corrected chi connectivity index (χ3v) is 4.31. The second-order valence-electron chi connectivity index (χ2n) is 7.44. The molecule has 0 amide bonds. The molecule has 39 heavy (non-hydrogen) atoms. The van der Waals surface area contributed by atoms with E-state index in [9.17, 15) is 0 Å². The van der Waals surface area contributed by atoms with Crippen molar-refractivity contribution in [2.45, 2.75) is 75.7 Å². The Morgan fingerprint density at radius 2 is 1.21 bits per heavy atom. The fourth-order valence-corrected chi connectivity index (χ4v) is 2.49. The van der Waals surface area contributed by atoms with Gasteiger partial charge < -0.3 is 11.1 Å². The Balaban J connectivity index is -0.000000126. The summed E-state index contributed by atoms with van der Waals surface area (Å²) >= 11 is 0. The zero-order chi connectivity index (χ0) is 30.2. The molecule has 0 saturated heterocycles. The van der Waals surface area contributed by atoms with Crippen LogP contribution in [0.15, 0.2) is 91.0 Å². The van der Waals surface area contributed by atoms with Crippen molar-refractivity contribution in [2.24, 2.45) is 5.73 Å². The SMILES string of the molecule is C.C#C.C=C(C)Cc1ccccc1.CC.CC.CCc1ccc(C)cc1.CNc1ccc(C)cc1.N#CCN. The van der Waals surface area contributed by atoms with E-state index in [0.717, 1.165) is 12.8 Å². The van der Waals surface area contributed by atoms with Gasteiger partial charge in [0, 0.05) is 12.7 Å². The molecule has 0 aromatic heterocycles. The van der Waals surface area contributed by atoms with Crippen molar-refractivity contribution in [3.63, 3.8) is 0 Å². The zero-order valence-corrected chi connectivity index (χ0v) is 25.5. The molecular formula is C36H57N3. The van der Waals surface area contributed by atoms with Crippen LogP contribution in [0, 0.1) is 38.0 Å². The first-order chi connectivity index (χ1) is 18.4. The lowest BCUT2D eigenvalue weighted by Crippen LogP contribution is -1.91. The first-order valence-electron chi connectivity index (χ1n) is 13.2. The van der Waals surface area contributed by atoms with Crippen LogP contribution in [0.3, 0.4) is 0 Å². The fourth-order valence-electron chi connectivity index (χ4n) is 2.49. The van der Waals surface area contributed by atoms with E-state index in [1.807, 2.05) is 47.7 Å². The van der Waals surface area contributed by atoms with Gasteiger partial charge >= 0.3 is 0 Å². The molecule has 3 nitrogen and oxygen atoms in total. The smallest absolute Gasteiger partial charge is 0.0815 e. The van der Waals surface area contributed by atoms with Gasteiger partial charge in [-0.3, -0.25) is 0 Å². The summed E-state index contributed by atoms with van der Waals surface area (Å²) in [6.07, 6.45) is 10.1. The summed E-state index contributed by atoms with van der Waals surface area (Å²) in [5.41, 5.74) is 12.4. The van der Waals surface area contributed by atoms with Crippen LogP contribution >= 0.6 is 0 Å². The summed E-state index contributed by atoms with van der Waals surface area (Å²) in [7, 11) is 1.92. The molecular weight excluding hydrogens is 474 g/mol. The highest BCUT2D eigenvalue weighted by Crippen LogP contribution is 2.06. The normalized spacial score (nSPS) is 7.56. The lowest BCUT2D eigenvalue weighted by atomic mass is 10.1. The van der Waals surface area contributed by atoms with Gasteiger partial charge in [0.2, 0.25) is 0 Å². The third-order valence-electron chi connectivity index (χ3n) is 4.31. The van der Waals surface area contributed by atoms with Crippen LogP contribution < -0.4 is 11.1 Å². The second kappa shape index (κ2) is 36.4. The quantitative estimate of drug-likeness (QED) is 0.200. The molecule has 0 fully saturated rings. The maximum absolute atomic E-state index is 7.50. The van der Waals surface area contributed by atoms with Crippen molar-refractivity contribution in [3.05, 3.63) is 113 Å². The van der Waals surface area contributed by atoms with E-state index < -0.39 is 0 Å². The standard InChI is InChI=1S/C10H12.C9H12.C8H11N.C2H4N2.2C2H6.C2H2.CH4/c1-9(2)8-10-6-4-3-5-7-10;1-3-9-6-4-8(2)5-7-9;1-7-3-5-8(9-2)6-4-7;3-1-2-4;3*1-2;/h3-7H,1,8H2,2H3;4-7H,3H2,1-2H3;3-6,9H,1-2H3;1,3H2;2*1-2H3;1-2H;1H4. The molecule has 0 aliphatic heterocycles. The highest BCUT2D eigenvalue weighted by molar-refractivity contribution is 5.43. The first kappa shape index (κ1) is 45.2. The molecule has 0 aliphatic rings. The molecule has 216 valence electrons. The van der Waals surface area contributed by atoms with Crippen LogP contribution in [0.2, 0.25) is 0 Å². The highest BCUT2D eigenvalue weighted by Gasteiger charge is 1.88. The predicted octanol–water partition coefficient (Wildman–Crippen LogP) is 9.81. The predicted molar refractivity (Wildman–Crippen MR) is 180 cm³/mol. The van der Waals surface area contributed by atoms with Crippen LogP contribution in [0.4, 0.5) is 5.69 Å². The third kappa shape index (κ3) is 32.2. The van der Waals surface area contributed by atoms with Gasteiger partial charge in [0.05, 0.1) is 12.6 Å². The Morgan fingerprint density at radius 3 is 1.51 bits per heavy atom. The number of rotatable bonds is 4. The molecule has 0 radical (unpaired) electrons. The van der Waals surface area contributed by atoms with Crippen molar-refractivity contribution in [3.8, 4) is 18.9 Å². The van der Waals surface area contributed by atoms with E-state index in [4.69, 9.17) is 5.26 Å². The van der Waals surface area contributed by atoms with Crippen LogP contribution in [0.1, 0.15) is 71.2 Å². The number of nitriles is 1. The number of anilines is 1. The maximum atomic E-state index is 7.50. The summed E-state index contributed by atoms with van der Waals surface area (Å²) in [4.78, 5) is 0. The Labute approximate surface area is 243 Å². The summed E-state index contributed by atoms with van der Waals surface area (Å²) in [6.45, 7) is 20.4. The lowest BCUT2D eigenvalue weighted by Gasteiger charge is -1.97.